The summed E-state index contributed by atoms with van der Waals surface area (Å²) in [6, 6.07) is 0. The standard InChI is InChI=1S/C44H75NO4Si2/c1-15-16-28-45-40(47)44(26-27-44)39(46)24-19-31(2)36-22-23-37-33(18-17-25-43(36,37)10)20-21-34-29-35(48-50(11,12)41(4,5)6)30-38(32(34)3)49-51(13,14)42(7,8)9/h19-21,24,31,35-38H,3,15-18,22-23,25-30H2,1-2,4-14H3,(H,45,47)/t31-,35-,36-,37+,38+,43-/m1/s1. The van der Waals surface area contributed by atoms with Crippen molar-refractivity contribution in [3.63, 3.8) is 0 Å². The Morgan fingerprint density at radius 2 is 1.61 bits per heavy atom. The van der Waals surface area contributed by atoms with E-state index in [1.54, 1.807) is 11.6 Å². The zero-order valence-corrected chi connectivity index (χ0v) is 37.0. The molecule has 0 aliphatic heterocycles. The third-order valence-corrected chi connectivity index (χ3v) is 23.5. The molecule has 5 nitrogen and oxygen atoms in total. The van der Waals surface area contributed by atoms with Gasteiger partial charge in [-0.1, -0.05) is 99.1 Å². The van der Waals surface area contributed by atoms with Crippen LogP contribution in [0.2, 0.25) is 36.3 Å². The van der Waals surface area contributed by atoms with Crippen LogP contribution in [0.1, 0.15) is 133 Å². The predicted octanol–water partition coefficient (Wildman–Crippen LogP) is 11.6. The van der Waals surface area contributed by atoms with Gasteiger partial charge in [0.1, 0.15) is 5.41 Å². The first-order valence-electron chi connectivity index (χ1n) is 20.4. The highest BCUT2D eigenvalue weighted by Crippen LogP contribution is 2.60. The van der Waals surface area contributed by atoms with Gasteiger partial charge in [0.25, 0.3) is 0 Å². The molecule has 1 N–H and O–H groups in total. The van der Waals surface area contributed by atoms with Crippen molar-refractivity contribution in [3.05, 3.63) is 47.6 Å². The van der Waals surface area contributed by atoms with E-state index in [2.05, 4.69) is 119 Å². The lowest BCUT2D eigenvalue weighted by molar-refractivity contribution is -0.133. The van der Waals surface area contributed by atoms with Crippen LogP contribution < -0.4 is 5.32 Å². The van der Waals surface area contributed by atoms with Crippen LogP contribution in [-0.4, -0.2) is 47.1 Å². The van der Waals surface area contributed by atoms with E-state index in [1.165, 1.54) is 31.3 Å². The lowest BCUT2D eigenvalue weighted by atomic mass is 9.61. The number of hydrogen-bond acceptors (Lipinski definition) is 4. The highest BCUT2D eigenvalue weighted by molar-refractivity contribution is 6.74. The Hall–Kier alpha value is -1.55. The molecule has 0 bridgehead atoms. The number of carbonyl (C=O) groups excluding carboxylic acids is 2. The number of carbonyl (C=O) groups is 2. The number of hydrogen-bond donors (Lipinski definition) is 1. The van der Waals surface area contributed by atoms with Gasteiger partial charge in [0.15, 0.2) is 22.4 Å². The molecule has 0 aromatic heterocycles. The van der Waals surface area contributed by atoms with Crippen molar-refractivity contribution in [2.24, 2.45) is 28.6 Å². The molecule has 4 rings (SSSR count). The van der Waals surface area contributed by atoms with E-state index in [4.69, 9.17) is 8.85 Å². The van der Waals surface area contributed by atoms with E-state index in [9.17, 15) is 9.59 Å². The van der Waals surface area contributed by atoms with Crippen LogP contribution >= 0.6 is 0 Å². The summed E-state index contributed by atoms with van der Waals surface area (Å²) in [5.41, 5.74) is 3.41. The van der Waals surface area contributed by atoms with Gasteiger partial charge in [-0.15, -0.1) is 0 Å². The van der Waals surface area contributed by atoms with Crippen LogP contribution in [0.3, 0.4) is 0 Å². The molecule has 0 aromatic carbocycles. The van der Waals surface area contributed by atoms with Gasteiger partial charge in [-0.2, -0.15) is 0 Å². The first kappa shape index (κ1) is 42.2. The van der Waals surface area contributed by atoms with Gasteiger partial charge < -0.3 is 14.2 Å². The molecule has 4 saturated carbocycles. The van der Waals surface area contributed by atoms with Gasteiger partial charge in [0.2, 0.25) is 5.91 Å². The molecule has 0 radical (unpaired) electrons. The summed E-state index contributed by atoms with van der Waals surface area (Å²) in [7, 11) is -3.99. The maximum absolute atomic E-state index is 13.3. The topological polar surface area (TPSA) is 64.6 Å². The average molecular weight is 738 g/mol. The fraction of sp³-hybridized carbons (Fsp3) is 0.773. The fourth-order valence-electron chi connectivity index (χ4n) is 8.70. The second kappa shape index (κ2) is 15.7. The van der Waals surface area contributed by atoms with E-state index in [0.717, 1.165) is 37.7 Å². The number of fused-ring (bicyclic) bond motifs is 1. The molecule has 6 atom stereocenters. The number of allylic oxidation sites excluding steroid dienone is 5. The van der Waals surface area contributed by atoms with Crippen LogP contribution in [0.15, 0.2) is 47.6 Å². The van der Waals surface area contributed by atoms with Crippen LogP contribution in [0.4, 0.5) is 0 Å². The minimum atomic E-state index is -2.02. The molecule has 0 aromatic rings. The number of rotatable bonds is 13. The Morgan fingerprint density at radius 1 is 0.980 bits per heavy atom. The molecular formula is C44H75NO4Si2. The van der Waals surface area contributed by atoms with Crippen molar-refractivity contribution in [1.29, 1.82) is 0 Å². The fourth-order valence-corrected chi connectivity index (χ4v) is 11.4. The molecule has 51 heavy (non-hydrogen) atoms. The van der Waals surface area contributed by atoms with Crippen LogP contribution in [-0.2, 0) is 18.4 Å². The van der Waals surface area contributed by atoms with Gasteiger partial charge in [-0.05, 0) is 134 Å². The van der Waals surface area contributed by atoms with Crippen LogP contribution in [0.25, 0.3) is 0 Å². The second-order valence-corrected chi connectivity index (χ2v) is 29.6. The minimum absolute atomic E-state index is 0.00158. The number of unbranched alkanes of at least 4 members (excludes halogenated alkanes) is 1. The number of amides is 1. The third kappa shape index (κ3) is 9.23. The van der Waals surface area contributed by atoms with Gasteiger partial charge >= 0.3 is 0 Å². The van der Waals surface area contributed by atoms with E-state index < -0.39 is 22.0 Å². The summed E-state index contributed by atoms with van der Waals surface area (Å²) < 4.78 is 14.2. The molecule has 7 heteroatoms. The molecule has 4 aliphatic rings. The Bertz CT molecular complexity index is 1390. The van der Waals surface area contributed by atoms with Gasteiger partial charge in [0.05, 0.1) is 12.2 Å². The van der Waals surface area contributed by atoms with Crippen molar-refractivity contribution in [1.82, 2.24) is 5.32 Å². The summed E-state index contributed by atoms with van der Waals surface area (Å²) in [4.78, 5) is 26.2. The molecule has 288 valence electrons. The first-order chi connectivity index (χ1) is 23.5. The average Bonchev–Trinajstić information content (AvgIpc) is 3.75. The van der Waals surface area contributed by atoms with E-state index in [0.29, 0.717) is 37.1 Å². The van der Waals surface area contributed by atoms with Crippen molar-refractivity contribution in [2.75, 3.05) is 6.54 Å². The van der Waals surface area contributed by atoms with Crippen LogP contribution in [0.5, 0.6) is 0 Å². The quantitative estimate of drug-likeness (QED) is 0.0884. The maximum atomic E-state index is 13.3. The Morgan fingerprint density at radius 3 is 2.20 bits per heavy atom. The van der Waals surface area contributed by atoms with E-state index in [1.807, 2.05) is 0 Å². The Balaban J connectivity index is 1.53. The SMILES string of the molecule is C=C1C(=CC=C2CCC[C@]3(C)[C@@H]([C@H](C)C=CC(=O)C4(C(=O)NCCCC)CC4)CC[C@@H]23)C[C@@H](O[Si](C)(C)C(C)(C)C)C[C@@H]1O[Si](C)(C)C(C)(C)C. The summed E-state index contributed by atoms with van der Waals surface area (Å²) in [5, 5.41) is 3.29. The molecule has 4 fully saturated rings. The maximum Gasteiger partial charge on any atom is 0.234 e. The Labute approximate surface area is 315 Å². The highest BCUT2D eigenvalue weighted by Gasteiger charge is 2.55. The normalized spacial score (nSPS) is 30.9. The minimum Gasteiger partial charge on any atom is -0.413 e. The molecule has 0 saturated heterocycles. The molecule has 0 spiro atoms. The third-order valence-electron chi connectivity index (χ3n) is 14.4. The summed E-state index contributed by atoms with van der Waals surface area (Å²) in [6.07, 6.45) is 19.9. The van der Waals surface area contributed by atoms with Gasteiger partial charge in [-0.3, -0.25) is 9.59 Å². The van der Waals surface area contributed by atoms with Crippen LogP contribution in [0, 0.1) is 28.6 Å². The predicted molar refractivity (Wildman–Crippen MR) is 220 cm³/mol. The molecule has 1 amide bonds. The molecular weight excluding hydrogens is 663 g/mol. The smallest absolute Gasteiger partial charge is 0.234 e. The summed E-state index contributed by atoms with van der Waals surface area (Å²) in [6.45, 7) is 35.6. The zero-order chi connectivity index (χ0) is 38.2. The summed E-state index contributed by atoms with van der Waals surface area (Å²) >= 11 is 0. The second-order valence-electron chi connectivity index (χ2n) is 20.1. The van der Waals surface area contributed by atoms with Crippen molar-refractivity contribution in [2.45, 2.75) is 181 Å². The van der Waals surface area contributed by atoms with E-state index in [-0.39, 0.29) is 39.4 Å². The lowest BCUT2D eigenvalue weighted by Gasteiger charge is -2.45. The summed E-state index contributed by atoms with van der Waals surface area (Å²) in [5.74, 6) is 1.29. The lowest BCUT2D eigenvalue weighted by Crippen LogP contribution is -2.49. The molecule has 4 aliphatic carbocycles. The first-order valence-corrected chi connectivity index (χ1v) is 26.3. The van der Waals surface area contributed by atoms with Gasteiger partial charge in [-0.25, -0.2) is 0 Å². The zero-order valence-electron chi connectivity index (χ0n) is 35.0. The van der Waals surface area contributed by atoms with E-state index >= 15 is 0 Å². The number of nitrogens with one attached hydrogen (secondary N) is 1. The monoisotopic (exact) mass is 738 g/mol. The molecule has 0 unspecified atom stereocenters. The van der Waals surface area contributed by atoms with Gasteiger partial charge in [0, 0.05) is 13.0 Å². The molecule has 0 heterocycles. The largest absolute Gasteiger partial charge is 0.413 e. The van der Waals surface area contributed by atoms with Crippen molar-refractivity contribution in [3.8, 4) is 0 Å². The Kier molecular flexibility index (Phi) is 13.0. The van der Waals surface area contributed by atoms with Crippen molar-refractivity contribution < 1.29 is 18.4 Å². The number of ketones is 1. The highest BCUT2D eigenvalue weighted by atomic mass is 28.4. The van der Waals surface area contributed by atoms with Crippen molar-refractivity contribution >= 4 is 28.3 Å².